The topological polar surface area (TPSA) is 72.3 Å². The third-order valence-corrected chi connectivity index (χ3v) is 5.85. The smallest absolute Gasteiger partial charge is 0.261 e. The van der Waals surface area contributed by atoms with Gasteiger partial charge in [0.2, 0.25) is 0 Å². The number of nitrogen functional groups attached to an aromatic ring is 1. The minimum Gasteiger partial charge on any atom is -0.396 e. The van der Waals surface area contributed by atoms with Crippen molar-refractivity contribution in [2.24, 2.45) is 11.7 Å². The third-order valence-electron chi connectivity index (χ3n) is 3.61. The summed E-state index contributed by atoms with van der Waals surface area (Å²) in [6.45, 7) is 4.37. The number of hydrogen-bond acceptors (Lipinski definition) is 5. The summed E-state index contributed by atoms with van der Waals surface area (Å²) in [7, 11) is 0. The molecule has 0 radical (unpaired) electrons. The maximum Gasteiger partial charge on any atom is 0.261 e. The molecule has 19 heavy (non-hydrogen) atoms. The van der Waals surface area contributed by atoms with E-state index in [-0.39, 0.29) is 0 Å². The van der Waals surface area contributed by atoms with Gasteiger partial charge in [-0.25, -0.2) is 0 Å². The molecule has 0 aromatic carbocycles. The Morgan fingerprint density at radius 1 is 1.42 bits per heavy atom. The van der Waals surface area contributed by atoms with Crippen LogP contribution >= 0.6 is 23.1 Å². The van der Waals surface area contributed by atoms with Crippen LogP contribution in [0.3, 0.4) is 0 Å². The quantitative estimate of drug-likeness (QED) is 0.842. The molecule has 2 rings (SSSR count). The van der Waals surface area contributed by atoms with E-state index in [1.54, 1.807) is 11.8 Å². The van der Waals surface area contributed by atoms with Crippen molar-refractivity contribution < 1.29 is 4.79 Å². The molecule has 1 unspecified atom stereocenters. The van der Waals surface area contributed by atoms with Gasteiger partial charge in [0.15, 0.2) is 0 Å². The summed E-state index contributed by atoms with van der Waals surface area (Å²) in [6.07, 6.45) is 5.65. The van der Waals surface area contributed by atoms with Gasteiger partial charge < -0.3 is 16.4 Å². The highest BCUT2D eigenvalue weighted by Gasteiger charge is 2.24. The Morgan fingerprint density at radius 2 is 2.16 bits per heavy atom. The van der Waals surface area contributed by atoms with Gasteiger partial charge in [0.1, 0.15) is 9.88 Å². The molecule has 1 aliphatic rings. The summed E-state index contributed by atoms with van der Waals surface area (Å²) in [4.78, 5) is 15.3. The molecular formula is C13H21N3OS2. The van der Waals surface area contributed by atoms with E-state index in [0.29, 0.717) is 10.6 Å². The SMILES string of the molecule is CSc1c(N2CCCC(C)CC2)sc(C(N)=O)c1N. The number of thiophene rings is 1. The highest BCUT2D eigenvalue weighted by Crippen LogP contribution is 2.44. The number of thioether (sulfide) groups is 1. The first-order valence-corrected chi connectivity index (χ1v) is 8.59. The lowest BCUT2D eigenvalue weighted by Gasteiger charge is -2.22. The molecule has 1 aliphatic heterocycles. The minimum atomic E-state index is -0.424. The molecule has 1 aromatic heterocycles. The van der Waals surface area contributed by atoms with E-state index in [0.717, 1.165) is 28.9 Å². The Kier molecular flexibility index (Phi) is 4.62. The van der Waals surface area contributed by atoms with Crippen LogP contribution in [0, 0.1) is 5.92 Å². The normalized spacial score (nSPS) is 20.3. The molecule has 0 aliphatic carbocycles. The van der Waals surface area contributed by atoms with Gasteiger partial charge >= 0.3 is 0 Å². The highest BCUT2D eigenvalue weighted by molar-refractivity contribution is 7.99. The zero-order chi connectivity index (χ0) is 14.0. The van der Waals surface area contributed by atoms with E-state index in [1.165, 1.54) is 30.6 Å². The average Bonchev–Trinajstić information content (AvgIpc) is 2.54. The minimum absolute atomic E-state index is 0.424. The van der Waals surface area contributed by atoms with Crippen LogP contribution in [-0.4, -0.2) is 25.3 Å². The fraction of sp³-hybridized carbons (Fsp3) is 0.615. The van der Waals surface area contributed by atoms with Crippen molar-refractivity contribution >= 4 is 39.7 Å². The van der Waals surface area contributed by atoms with Crippen LogP contribution in [0.15, 0.2) is 4.90 Å². The standard InChI is InChI=1S/C13H21N3OS2/c1-8-4-3-6-16(7-5-8)13-11(18-2)9(14)10(19-13)12(15)17/h8H,3-7,14H2,1-2H3,(H2,15,17). The molecule has 2 heterocycles. The van der Waals surface area contributed by atoms with E-state index in [1.807, 2.05) is 6.26 Å². The van der Waals surface area contributed by atoms with Gasteiger partial charge in [0.05, 0.1) is 10.6 Å². The molecule has 0 spiro atoms. The van der Waals surface area contributed by atoms with E-state index in [4.69, 9.17) is 11.5 Å². The van der Waals surface area contributed by atoms with Gasteiger partial charge in [0, 0.05) is 13.1 Å². The fourth-order valence-electron chi connectivity index (χ4n) is 2.47. The molecule has 1 aromatic rings. The van der Waals surface area contributed by atoms with Crippen molar-refractivity contribution in [1.29, 1.82) is 0 Å². The summed E-state index contributed by atoms with van der Waals surface area (Å²) in [5, 5.41) is 1.12. The molecule has 6 heteroatoms. The largest absolute Gasteiger partial charge is 0.396 e. The lowest BCUT2D eigenvalue weighted by atomic mass is 10.0. The molecule has 1 amide bonds. The first kappa shape index (κ1) is 14.5. The number of carbonyl (C=O) groups excluding carboxylic acids is 1. The number of nitrogens with two attached hydrogens (primary N) is 2. The number of amides is 1. The van der Waals surface area contributed by atoms with Crippen molar-refractivity contribution in [3.8, 4) is 0 Å². The molecule has 0 bridgehead atoms. The summed E-state index contributed by atoms with van der Waals surface area (Å²) in [5.74, 6) is 0.350. The van der Waals surface area contributed by atoms with Crippen LogP contribution in [0.5, 0.6) is 0 Å². The maximum atomic E-state index is 11.4. The Bertz CT molecular complexity index is 473. The lowest BCUT2D eigenvalue weighted by Crippen LogP contribution is -2.23. The van der Waals surface area contributed by atoms with Crippen LogP contribution < -0.4 is 16.4 Å². The van der Waals surface area contributed by atoms with E-state index < -0.39 is 5.91 Å². The number of anilines is 2. The number of primary amides is 1. The fourth-order valence-corrected chi connectivity index (χ4v) is 4.56. The van der Waals surface area contributed by atoms with E-state index in [2.05, 4.69) is 11.8 Å². The summed E-state index contributed by atoms with van der Waals surface area (Å²) < 4.78 is 0. The van der Waals surface area contributed by atoms with Crippen LogP contribution in [0.2, 0.25) is 0 Å². The first-order valence-electron chi connectivity index (χ1n) is 6.55. The van der Waals surface area contributed by atoms with Crippen molar-refractivity contribution in [2.75, 3.05) is 30.0 Å². The monoisotopic (exact) mass is 299 g/mol. The maximum absolute atomic E-state index is 11.4. The Morgan fingerprint density at radius 3 is 2.79 bits per heavy atom. The second-order valence-corrected chi connectivity index (χ2v) is 6.89. The number of rotatable bonds is 3. The van der Waals surface area contributed by atoms with Gasteiger partial charge in [-0.1, -0.05) is 6.92 Å². The summed E-state index contributed by atoms with van der Waals surface area (Å²) >= 11 is 3.04. The zero-order valence-corrected chi connectivity index (χ0v) is 13.1. The predicted molar refractivity (Wildman–Crippen MR) is 84.3 cm³/mol. The van der Waals surface area contributed by atoms with E-state index in [9.17, 15) is 4.79 Å². The molecule has 1 fully saturated rings. The van der Waals surface area contributed by atoms with Crippen LogP contribution in [0.1, 0.15) is 35.9 Å². The molecule has 4 nitrogen and oxygen atoms in total. The van der Waals surface area contributed by atoms with Gasteiger partial charge in [-0.2, -0.15) is 0 Å². The zero-order valence-electron chi connectivity index (χ0n) is 11.4. The summed E-state index contributed by atoms with van der Waals surface area (Å²) in [6, 6.07) is 0. The van der Waals surface area contributed by atoms with Crippen LogP contribution in [-0.2, 0) is 0 Å². The van der Waals surface area contributed by atoms with Crippen molar-refractivity contribution in [2.45, 2.75) is 31.1 Å². The van der Waals surface area contributed by atoms with Crippen molar-refractivity contribution in [3.05, 3.63) is 4.88 Å². The third kappa shape index (κ3) is 3.00. The number of carbonyl (C=O) groups is 1. The Hall–Kier alpha value is -0.880. The molecule has 1 atom stereocenters. The lowest BCUT2D eigenvalue weighted by molar-refractivity contribution is 0.100. The van der Waals surface area contributed by atoms with Crippen molar-refractivity contribution in [1.82, 2.24) is 0 Å². The van der Waals surface area contributed by atoms with E-state index >= 15 is 0 Å². The van der Waals surface area contributed by atoms with Crippen LogP contribution in [0.25, 0.3) is 0 Å². The second kappa shape index (κ2) is 6.05. The molecule has 106 valence electrons. The van der Waals surface area contributed by atoms with Crippen LogP contribution in [0.4, 0.5) is 10.7 Å². The van der Waals surface area contributed by atoms with Gasteiger partial charge in [-0.15, -0.1) is 23.1 Å². The molecule has 4 N–H and O–H groups in total. The molecular weight excluding hydrogens is 278 g/mol. The highest BCUT2D eigenvalue weighted by atomic mass is 32.2. The first-order chi connectivity index (χ1) is 9.04. The predicted octanol–water partition coefficient (Wildman–Crippen LogP) is 2.78. The Balaban J connectivity index is 2.32. The second-order valence-electron chi connectivity index (χ2n) is 5.07. The van der Waals surface area contributed by atoms with Gasteiger partial charge in [-0.05, 0) is 31.4 Å². The van der Waals surface area contributed by atoms with Gasteiger partial charge in [-0.3, -0.25) is 4.79 Å². The summed E-state index contributed by atoms with van der Waals surface area (Å²) in [5.41, 5.74) is 12.0. The number of hydrogen-bond donors (Lipinski definition) is 2. The average molecular weight is 299 g/mol. The molecule has 0 saturated carbocycles. The van der Waals surface area contributed by atoms with Crippen molar-refractivity contribution in [3.63, 3.8) is 0 Å². The molecule has 1 saturated heterocycles. The number of nitrogens with zero attached hydrogens (tertiary/aromatic N) is 1. The Labute approximate surface area is 122 Å². The van der Waals surface area contributed by atoms with Gasteiger partial charge in [0.25, 0.3) is 5.91 Å².